The Hall–Kier alpha value is -6.70. The molecule has 1 atom stereocenters. The number of carbonyl (C=O) groups is 6. The van der Waals surface area contributed by atoms with Gasteiger partial charge in [0.2, 0.25) is 23.3 Å². The summed E-state index contributed by atoms with van der Waals surface area (Å²) in [6.45, 7) is 7.76. The van der Waals surface area contributed by atoms with Crippen LogP contribution in [-0.2, 0) is 33.5 Å². The van der Waals surface area contributed by atoms with Gasteiger partial charge in [0.25, 0.3) is 17.7 Å². The summed E-state index contributed by atoms with van der Waals surface area (Å²) in [5.41, 5.74) is 1.67. The molecule has 3 saturated heterocycles. The van der Waals surface area contributed by atoms with Gasteiger partial charge in [-0.15, -0.1) is 0 Å². The first-order valence-corrected chi connectivity index (χ1v) is 22.0. The second-order valence-corrected chi connectivity index (χ2v) is 17.1. The van der Waals surface area contributed by atoms with Crippen LogP contribution in [0.4, 0.5) is 24.5 Å². The number of nitrogens with one attached hydrogen (secondary N) is 4. The van der Waals surface area contributed by atoms with Gasteiger partial charge in [-0.05, 0) is 66.4 Å². The molecule has 19 heteroatoms. The molecule has 3 aromatic carbocycles. The van der Waals surface area contributed by atoms with Crippen LogP contribution < -0.4 is 26.4 Å². The number of benzene rings is 3. The van der Waals surface area contributed by atoms with Crippen LogP contribution in [0, 0.1) is 0 Å². The average molecular weight is 910 g/mol. The lowest BCUT2D eigenvalue weighted by Gasteiger charge is -2.35. The highest BCUT2D eigenvalue weighted by Crippen LogP contribution is 2.36. The Kier molecular flexibility index (Phi) is 13.5. The second kappa shape index (κ2) is 19.4. The number of amides is 6. The number of imide groups is 2. The Labute approximate surface area is 378 Å². The molecule has 66 heavy (non-hydrogen) atoms. The number of piperidine rings is 1. The molecule has 5 heterocycles. The van der Waals surface area contributed by atoms with Crippen LogP contribution >= 0.6 is 0 Å². The van der Waals surface area contributed by atoms with Gasteiger partial charge in [0.15, 0.2) is 0 Å². The predicted octanol–water partition coefficient (Wildman–Crippen LogP) is 3.33. The molecule has 4 N–H and O–H groups in total. The van der Waals surface area contributed by atoms with Gasteiger partial charge in [0.1, 0.15) is 6.04 Å². The monoisotopic (exact) mass is 909 g/mol. The van der Waals surface area contributed by atoms with Crippen LogP contribution in [0.5, 0.6) is 0 Å². The van der Waals surface area contributed by atoms with Crippen molar-refractivity contribution in [1.82, 2.24) is 35.2 Å². The Balaban J connectivity index is 0.838. The zero-order valence-corrected chi connectivity index (χ0v) is 36.3. The fraction of sp³-hybridized carbons (Fsp3) is 0.383. The number of piperazine rings is 2. The summed E-state index contributed by atoms with van der Waals surface area (Å²) in [5, 5.41) is 7.88. The van der Waals surface area contributed by atoms with E-state index in [9.17, 15) is 46.7 Å². The molecule has 4 aliphatic rings. The number of H-pyrrole nitrogens is 1. The van der Waals surface area contributed by atoms with Gasteiger partial charge < -0.3 is 25.4 Å². The van der Waals surface area contributed by atoms with Gasteiger partial charge in [-0.1, -0.05) is 36.4 Å². The lowest BCUT2D eigenvalue weighted by molar-refractivity contribution is -0.138. The molecule has 8 rings (SSSR count). The maximum atomic E-state index is 13.9. The molecule has 6 amide bonds. The van der Waals surface area contributed by atoms with E-state index in [1.807, 2.05) is 37.4 Å². The Bertz CT molecular complexity index is 2620. The third kappa shape index (κ3) is 10.2. The van der Waals surface area contributed by atoms with Crippen LogP contribution in [0.25, 0.3) is 11.1 Å². The third-order valence-corrected chi connectivity index (χ3v) is 12.6. The number of fused-ring (bicyclic) bond motifs is 1. The van der Waals surface area contributed by atoms with Gasteiger partial charge in [-0.3, -0.25) is 53.6 Å². The quantitative estimate of drug-likeness (QED) is 0.144. The molecular weight excluding hydrogens is 860 g/mol. The molecule has 4 aromatic rings. The average Bonchev–Trinajstić information content (AvgIpc) is 3.55. The van der Waals surface area contributed by atoms with Crippen molar-refractivity contribution in [2.45, 2.75) is 44.4 Å². The molecule has 16 nitrogen and oxygen atoms in total. The van der Waals surface area contributed by atoms with E-state index in [1.54, 1.807) is 18.2 Å². The summed E-state index contributed by atoms with van der Waals surface area (Å²) in [6.07, 6.45) is -3.72. The van der Waals surface area contributed by atoms with Crippen LogP contribution in [0.3, 0.4) is 0 Å². The van der Waals surface area contributed by atoms with Crippen LogP contribution in [0.1, 0.15) is 67.0 Å². The summed E-state index contributed by atoms with van der Waals surface area (Å²) in [4.78, 5) is 101. The highest BCUT2D eigenvalue weighted by molar-refractivity contribution is 6.24. The number of anilines is 2. The van der Waals surface area contributed by atoms with Crippen molar-refractivity contribution >= 4 is 46.8 Å². The van der Waals surface area contributed by atoms with E-state index in [4.69, 9.17) is 0 Å². The van der Waals surface area contributed by atoms with Crippen LogP contribution in [0.2, 0.25) is 0 Å². The Morgan fingerprint density at radius 2 is 1.55 bits per heavy atom. The first-order valence-electron chi connectivity index (χ1n) is 22.0. The number of hydrogen-bond donors (Lipinski definition) is 4. The smallest absolute Gasteiger partial charge is 0.367 e. The first-order chi connectivity index (χ1) is 31.6. The van der Waals surface area contributed by atoms with Crippen molar-refractivity contribution in [1.29, 1.82) is 0 Å². The molecule has 0 radical (unpaired) electrons. The minimum Gasteiger partial charge on any atom is -0.367 e. The SMILES string of the molecule is CN1CCN(c2ccc(-c3cccc(CN4CCN(CCNC(=O)CCc5cccc6c5C(=O)N(C5CCC(=O)NC5=O)C6=O)CC4)c3)cc2NC(=O)c2c[nH]c(=O)cc2C(F)(F)F)CC1. The van der Waals surface area contributed by atoms with Crippen molar-refractivity contribution in [3.8, 4) is 11.1 Å². The summed E-state index contributed by atoms with van der Waals surface area (Å²) >= 11 is 0. The molecule has 0 bridgehead atoms. The molecule has 1 aromatic heterocycles. The van der Waals surface area contributed by atoms with Gasteiger partial charge in [-0.2, -0.15) is 13.2 Å². The number of rotatable bonds is 13. The molecule has 0 saturated carbocycles. The zero-order chi connectivity index (χ0) is 46.7. The van der Waals surface area contributed by atoms with Gasteiger partial charge in [0.05, 0.1) is 33.6 Å². The van der Waals surface area contributed by atoms with Gasteiger partial charge >= 0.3 is 6.18 Å². The Morgan fingerprint density at radius 3 is 2.29 bits per heavy atom. The van der Waals surface area contributed by atoms with E-state index in [0.29, 0.717) is 55.7 Å². The van der Waals surface area contributed by atoms with Crippen LogP contribution in [-0.4, -0.2) is 139 Å². The lowest BCUT2D eigenvalue weighted by Crippen LogP contribution is -2.54. The number of pyridine rings is 1. The van der Waals surface area contributed by atoms with Crippen molar-refractivity contribution in [2.24, 2.45) is 0 Å². The van der Waals surface area contributed by atoms with Crippen LogP contribution in [0.15, 0.2) is 77.7 Å². The standard InChI is InChI=1S/C47H50F3N9O7/c1-55-16-22-58(23-17-55)37-10-8-32(25-36(37)53-43(63)34-27-52-41(62)26-35(34)47(48,49)50)31-6-2-4-29(24-31)28-57-20-18-56(19-21-57)15-14-51-39(60)12-9-30-5-3-7-33-42(30)46(66)59(45(33)65)38-11-13-40(61)54-44(38)64/h2-8,10,24-27,38H,9,11-23,28H2,1H3,(H,51,60)(H,52,62)(H,53,63)(H,54,61,64). The van der Waals surface area contributed by atoms with E-state index in [0.717, 1.165) is 67.1 Å². The van der Waals surface area contributed by atoms with Crippen molar-refractivity contribution in [3.05, 3.63) is 117 Å². The predicted molar refractivity (Wildman–Crippen MR) is 238 cm³/mol. The number of aromatic nitrogens is 1. The number of aromatic amines is 1. The highest BCUT2D eigenvalue weighted by Gasteiger charge is 2.45. The number of alkyl halides is 3. The lowest BCUT2D eigenvalue weighted by atomic mass is 9.99. The van der Waals surface area contributed by atoms with E-state index in [1.165, 1.54) is 6.07 Å². The van der Waals surface area contributed by atoms with Crippen molar-refractivity contribution < 1.29 is 41.9 Å². The molecule has 3 fully saturated rings. The largest absolute Gasteiger partial charge is 0.417 e. The number of likely N-dealkylation sites (N-methyl/N-ethyl adjacent to an activating group) is 1. The number of aryl methyl sites for hydroxylation is 1. The number of hydrogen-bond acceptors (Lipinski definition) is 11. The molecule has 4 aliphatic heterocycles. The molecule has 0 spiro atoms. The van der Waals surface area contributed by atoms with E-state index in [2.05, 4.69) is 46.6 Å². The molecule has 346 valence electrons. The fourth-order valence-corrected chi connectivity index (χ4v) is 8.98. The number of carbonyl (C=O) groups excluding carboxylic acids is 6. The summed E-state index contributed by atoms with van der Waals surface area (Å²) in [6, 6.07) is 17.8. The first kappa shape index (κ1) is 45.9. The normalized spacial score (nSPS) is 18.6. The van der Waals surface area contributed by atoms with Gasteiger partial charge in [-0.25, -0.2) is 0 Å². The topological polar surface area (TPSA) is 188 Å². The summed E-state index contributed by atoms with van der Waals surface area (Å²) < 4.78 is 41.7. The number of halogens is 3. The molecular formula is C47H50F3N9O7. The van der Waals surface area contributed by atoms with E-state index in [-0.39, 0.29) is 42.7 Å². The molecule has 1 unspecified atom stereocenters. The Morgan fingerprint density at radius 1 is 0.818 bits per heavy atom. The van der Waals surface area contributed by atoms with E-state index < -0.39 is 58.4 Å². The fourth-order valence-electron chi connectivity index (χ4n) is 8.98. The van der Waals surface area contributed by atoms with Crippen molar-refractivity contribution in [2.75, 3.05) is 82.7 Å². The third-order valence-electron chi connectivity index (χ3n) is 12.6. The maximum Gasteiger partial charge on any atom is 0.417 e. The second-order valence-electron chi connectivity index (χ2n) is 17.1. The van der Waals surface area contributed by atoms with E-state index >= 15 is 0 Å². The zero-order valence-electron chi connectivity index (χ0n) is 36.3. The highest BCUT2D eigenvalue weighted by atomic mass is 19.4. The maximum absolute atomic E-state index is 13.9. The van der Waals surface area contributed by atoms with Crippen molar-refractivity contribution in [3.63, 3.8) is 0 Å². The summed E-state index contributed by atoms with van der Waals surface area (Å²) in [5.74, 6) is -3.51. The molecule has 0 aliphatic carbocycles. The summed E-state index contributed by atoms with van der Waals surface area (Å²) in [7, 11) is 2.01. The minimum absolute atomic E-state index is 0.0253. The number of nitrogens with zero attached hydrogens (tertiary/aromatic N) is 5. The minimum atomic E-state index is -4.91. The van der Waals surface area contributed by atoms with Gasteiger partial charge in [0, 0.05) is 97.1 Å².